The molecule has 1 atom stereocenters. The quantitative estimate of drug-likeness (QED) is 0.679. The first-order chi connectivity index (χ1) is 14.7. The van der Waals surface area contributed by atoms with Crippen LogP contribution in [0.3, 0.4) is 0 Å². The lowest BCUT2D eigenvalue weighted by molar-refractivity contribution is -0.117. The first-order valence-electron chi connectivity index (χ1n) is 10.5. The molecule has 2 aromatic carbocycles. The Morgan fingerprint density at radius 3 is 2.53 bits per heavy atom. The lowest BCUT2D eigenvalue weighted by Crippen LogP contribution is -2.31. The van der Waals surface area contributed by atoms with Crippen molar-refractivity contribution in [3.63, 3.8) is 0 Å². The Morgan fingerprint density at radius 1 is 0.967 bits per heavy atom. The molecule has 2 amide bonds. The SMILES string of the molecule is O=C(NC1CCCc2ccccc21)c1cc(NC(=O)C2CC2)n(-c2ccccc2)n1. The molecule has 0 saturated heterocycles. The molecule has 3 aromatic rings. The van der Waals surface area contributed by atoms with Gasteiger partial charge in [-0.15, -0.1) is 0 Å². The van der Waals surface area contributed by atoms with Gasteiger partial charge < -0.3 is 10.6 Å². The summed E-state index contributed by atoms with van der Waals surface area (Å²) in [7, 11) is 0. The van der Waals surface area contributed by atoms with Gasteiger partial charge in [-0.05, 0) is 55.4 Å². The van der Waals surface area contributed by atoms with E-state index in [2.05, 4.69) is 27.9 Å². The zero-order chi connectivity index (χ0) is 20.5. The van der Waals surface area contributed by atoms with Gasteiger partial charge in [0.05, 0.1) is 11.7 Å². The summed E-state index contributed by atoms with van der Waals surface area (Å²) in [6.45, 7) is 0. The average molecular weight is 400 g/mol. The van der Waals surface area contributed by atoms with Crippen molar-refractivity contribution >= 4 is 17.6 Å². The van der Waals surface area contributed by atoms with Gasteiger partial charge in [-0.1, -0.05) is 42.5 Å². The van der Waals surface area contributed by atoms with Gasteiger partial charge in [0.2, 0.25) is 5.91 Å². The highest BCUT2D eigenvalue weighted by Crippen LogP contribution is 2.31. The van der Waals surface area contributed by atoms with Crippen molar-refractivity contribution in [3.8, 4) is 5.69 Å². The van der Waals surface area contributed by atoms with Crippen molar-refractivity contribution in [1.82, 2.24) is 15.1 Å². The van der Waals surface area contributed by atoms with Gasteiger partial charge in [0.1, 0.15) is 5.82 Å². The third kappa shape index (κ3) is 3.73. The fourth-order valence-corrected chi connectivity index (χ4v) is 4.06. The van der Waals surface area contributed by atoms with Gasteiger partial charge >= 0.3 is 0 Å². The maximum atomic E-state index is 13.1. The second kappa shape index (κ2) is 7.78. The molecule has 30 heavy (non-hydrogen) atoms. The lowest BCUT2D eigenvalue weighted by Gasteiger charge is -2.26. The Hall–Kier alpha value is -3.41. The summed E-state index contributed by atoms with van der Waals surface area (Å²) in [5, 5.41) is 10.6. The Bertz CT molecular complexity index is 1090. The van der Waals surface area contributed by atoms with Crippen LogP contribution in [0.4, 0.5) is 5.82 Å². The number of carbonyl (C=O) groups is 2. The molecule has 1 saturated carbocycles. The van der Waals surface area contributed by atoms with E-state index in [1.165, 1.54) is 11.1 Å². The molecule has 0 aliphatic heterocycles. The molecule has 6 heteroatoms. The normalized spacial score (nSPS) is 17.8. The number of nitrogens with zero attached hydrogens (tertiary/aromatic N) is 2. The van der Waals surface area contributed by atoms with Gasteiger partial charge in [-0.2, -0.15) is 5.10 Å². The van der Waals surface area contributed by atoms with Gasteiger partial charge in [0.25, 0.3) is 5.91 Å². The summed E-state index contributed by atoms with van der Waals surface area (Å²) in [6, 6.07) is 19.4. The Morgan fingerprint density at radius 2 is 1.73 bits per heavy atom. The Labute approximate surface area is 175 Å². The van der Waals surface area contributed by atoms with Crippen LogP contribution >= 0.6 is 0 Å². The number of hydrogen-bond acceptors (Lipinski definition) is 3. The molecule has 1 aromatic heterocycles. The number of fused-ring (bicyclic) bond motifs is 1. The van der Waals surface area contributed by atoms with Crippen LogP contribution in [0.2, 0.25) is 0 Å². The summed E-state index contributed by atoms with van der Waals surface area (Å²) < 4.78 is 1.63. The molecule has 1 heterocycles. The number of aromatic nitrogens is 2. The molecule has 2 aliphatic carbocycles. The molecule has 2 N–H and O–H groups in total. The fourth-order valence-electron chi connectivity index (χ4n) is 4.06. The zero-order valence-corrected chi connectivity index (χ0v) is 16.7. The molecule has 152 valence electrons. The average Bonchev–Trinajstić information content (AvgIpc) is 3.55. The molecular weight excluding hydrogens is 376 g/mol. The van der Waals surface area contributed by atoms with Gasteiger partial charge in [0, 0.05) is 12.0 Å². The molecule has 1 unspecified atom stereocenters. The highest BCUT2D eigenvalue weighted by atomic mass is 16.2. The first-order valence-corrected chi connectivity index (χ1v) is 10.5. The third-order valence-electron chi connectivity index (χ3n) is 5.82. The van der Waals surface area contributed by atoms with E-state index < -0.39 is 0 Å². The third-order valence-corrected chi connectivity index (χ3v) is 5.82. The summed E-state index contributed by atoms with van der Waals surface area (Å²) in [5.41, 5.74) is 3.57. The molecule has 2 aliphatic rings. The van der Waals surface area contributed by atoms with Crippen LogP contribution in [-0.2, 0) is 11.2 Å². The Balaban J connectivity index is 1.42. The monoisotopic (exact) mass is 400 g/mol. The van der Waals surface area contributed by atoms with Crippen LogP contribution in [-0.4, -0.2) is 21.6 Å². The molecule has 0 spiro atoms. The zero-order valence-electron chi connectivity index (χ0n) is 16.7. The van der Waals surface area contributed by atoms with E-state index in [1.54, 1.807) is 10.7 Å². The fraction of sp³-hybridized carbons (Fsp3) is 0.292. The van der Waals surface area contributed by atoms with Crippen molar-refractivity contribution in [3.05, 3.63) is 77.5 Å². The van der Waals surface area contributed by atoms with Crippen molar-refractivity contribution in [1.29, 1.82) is 0 Å². The van der Waals surface area contributed by atoms with E-state index in [4.69, 9.17) is 0 Å². The van der Waals surface area contributed by atoms with E-state index in [1.807, 2.05) is 42.5 Å². The second-order valence-corrected chi connectivity index (χ2v) is 8.04. The highest BCUT2D eigenvalue weighted by molar-refractivity contribution is 5.97. The number of anilines is 1. The number of benzene rings is 2. The molecule has 0 bridgehead atoms. The van der Waals surface area contributed by atoms with Crippen molar-refractivity contribution in [2.75, 3.05) is 5.32 Å². The predicted molar refractivity (Wildman–Crippen MR) is 115 cm³/mol. The maximum absolute atomic E-state index is 13.1. The van der Waals surface area contributed by atoms with E-state index >= 15 is 0 Å². The summed E-state index contributed by atoms with van der Waals surface area (Å²) in [5.74, 6) is 0.348. The van der Waals surface area contributed by atoms with Crippen LogP contribution in [0.5, 0.6) is 0 Å². The minimum absolute atomic E-state index is 0.0137. The van der Waals surface area contributed by atoms with Crippen LogP contribution in [0.25, 0.3) is 5.69 Å². The van der Waals surface area contributed by atoms with E-state index in [0.29, 0.717) is 11.5 Å². The highest BCUT2D eigenvalue weighted by Gasteiger charge is 2.31. The van der Waals surface area contributed by atoms with E-state index in [0.717, 1.165) is 37.8 Å². The molecule has 0 radical (unpaired) electrons. The Kier molecular flexibility index (Phi) is 4.83. The number of carbonyl (C=O) groups excluding carboxylic acids is 2. The van der Waals surface area contributed by atoms with Crippen LogP contribution in [0.1, 0.15) is 53.3 Å². The van der Waals surface area contributed by atoms with Crippen LogP contribution in [0, 0.1) is 5.92 Å². The largest absolute Gasteiger partial charge is 0.344 e. The second-order valence-electron chi connectivity index (χ2n) is 8.04. The number of nitrogens with one attached hydrogen (secondary N) is 2. The summed E-state index contributed by atoms with van der Waals surface area (Å²) in [4.78, 5) is 25.4. The molecule has 1 fully saturated rings. The van der Waals surface area contributed by atoms with Gasteiger partial charge in [-0.25, -0.2) is 4.68 Å². The number of aryl methyl sites for hydroxylation is 1. The number of amides is 2. The van der Waals surface area contributed by atoms with E-state index in [9.17, 15) is 9.59 Å². The standard InChI is InChI=1S/C24H24N4O2/c29-23(17-13-14-17)26-22-15-21(27-28(22)18-9-2-1-3-10-18)24(30)25-20-12-6-8-16-7-4-5-11-19(16)20/h1-5,7,9-11,15,17,20H,6,8,12-14H2,(H,25,30)(H,26,29). The first kappa shape index (κ1) is 18.6. The molecule has 6 nitrogen and oxygen atoms in total. The minimum Gasteiger partial charge on any atom is -0.344 e. The van der Waals surface area contributed by atoms with Crippen LogP contribution < -0.4 is 10.6 Å². The molecular formula is C24H24N4O2. The van der Waals surface area contributed by atoms with Gasteiger partial charge in [0.15, 0.2) is 5.69 Å². The van der Waals surface area contributed by atoms with Crippen molar-refractivity contribution < 1.29 is 9.59 Å². The number of hydrogen-bond donors (Lipinski definition) is 2. The number of rotatable bonds is 5. The maximum Gasteiger partial charge on any atom is 0.272 e. The van der Waals surface area contributed by atoms with Crippen LogP contribution in [0.15, 0.2) is 60.7 Å². The molecule has 5 rings (SSSR count). The topological polar surface area (TPSA) is 76.0 Å². The van der Waals surface area contributed by atoms with E-state index in [-0.39, 0.29) is 23.8 Å². The smallest absolute Gasteiger partial charge is 0.272 e. The predicted octanol–water partition coefficient (Wildman–Crippen LogP) is 4.03. The van der Waals surface area contributed by atoms with Gasteiger partial charge in [-0.3, -0.25) is 9.59 Å². The number of para-hydroxylation sites is 1. The van der Waals surface area contributed by atoms with Crippen molar-refractivity contribution in [2.24, 2.45) is 5.92 Å². The van der Waals surface area contributed by atoms with Crippen molar-refractivity contribution in [2.45, 2.75) is 38.1 Å². The minimum atomic E-state index is -0.228. The lowest BCUT2D eigenvalue weighted by atomic mass is 9.88. The summed E-state index contributed by atoms with van der Waals surface area (Å²) in [6.07, 6.45) is 4.83. The summed E-state index contributed by atoms with van der Waals surface area (Å²) >= 11 is 0.